The second kappa shape index (κ2) is 6.58. The molecule has 0 heterocycles. The lowest BCUT2D eigenvalue weighted by Gasteiger charge is -2.08. The van der Waals surface area contributed by atoms with E-state index < -0.39 is 11.6 Å². The molecule has 0 aromatic heterocycles. The average Bonchev–Trinajstić information content (AvgIpc) is 2.48. The van der Waals surface area contributed by atoms with Crippen molar-refractivity contribution in [3.63, 3.8) is 0 Å². The van der Waals surface area contributed by atoms with E-state index in [1.165, 1.54) is 17.8 Å². The molecule has 0 atom stereocenters. The number of nitrogens with two attached hydrogens (primary N) is 1. The average molecular weight is 308 g/mol. The van der Waals surface area contributed by atoms with Crippen molar-refractivity contribution in [2.45, 2.75) is 17.6 Å². The van der Waals surface area contributed by atoms with Gasteiger partial charge in [-0.15, -0.1) is 11.8 Å². The standard InChI is InChI=1S/C15H14F2N2OS/c1-9-6-10(15(18)19-20)2-3-11(9)8-21-14-7-12(16)4-5-13(14)17/h2-7,20H,8H2,1H3,(H2,18,19). The zero-order valence-corrected chi connectivity index (χ0v) is 12.1. The molecule has 0 amide bonds. The zero-order chi connectivity index (χ0) is 15.4. The molecule has 0 aliphatic carbocycles. The Balaban J connectivity index is 2.15. The highest BCUT2D eigenvalue weighted by Crippen LogP contribution is 2.27. The Kier molecular flexibility index (Phi) is 4.80. The second-order valence-electron chi connectivity index (χ2n) is 4.49. The summed E-state index contributed by atoms with van der Waals surface area (Å²) in [4.78, 5) is 0.273. The summed E-state index contributed by atoms with van der Waals surface area (Å²) in [5, 5.41) is 11.6. The Morgan fingerprint density at radius 2 is 2.00 bits per heavy atom. The monoisotopic (exact) mass is 308 g/mol. The first-order valence-corrected chi connectivity index (χ1v) is 7.15. The summed E-state index contributed by atoms with van der Waals surface area (Å²) < 4.78 is 26.6. The Bertz CT molecular complexity index is 689. The predicted molar refractivity (Wildman–Crippen MR) is 79.6 cm³/mol. The smallest absolute Gasteiger partial charge is 0.170 e. The summed E-state index contributed by atoms with van der Waals surface area (Å²) in [6, 6.07) is 8.72. The molecule has 0 spiro atoms. The van der Waals surface area contributed by atoms with Gasteiger partial charge in [0, 0.05) is 16.2 Å². The molecule has 6 heteroatoms. The van der Waals surface area contributed by atoms with Gasteiger partial charge in [-0.3, -0.25) is 0 Å². The van der Waals surface area contributed by atoms with Crippen LogP contribution in [-0.4, -0.2) is 11.0 Å². The highest BCUT2D eigenvalue weighted by Gasteiger charge is 2.08. The number of aryl methyl sites for hydroxylation is 1. The van der Waals surface area contributed by atoms with Crippen molar-refractivity contribution >= 4 is 17.6 Å². The Hall–Kier alpha value is -2.08. The van der Waals surface area contributed by atoms with E-state index >= 15 is 0 Å². The van der Waals surface area contributed by atoms with Crippen LogP contribution in [0.25, 0.3) is 0 Å². The SMILES string of the molecule is Cc1cc(/C(N)=N/O)ccc1CSc1cc(F)ccc1F. The Labute approximate surface area is 125 Å². The van der Waals surface area contributed by atoms with Crippen LogP contribution in [0.1, 0.15) is 16.7 Å². The van der Waals surface area contributed by atoms with Crippen molar-refractivity contribution in [2.24, 2.45) is 10.9 Å². The minimum Gasteiger partial charge on any atom is -0.409 e. The summed E-state index contributed by atoms with van der Waals surface area (Å²) in [7, 11) is 0. The van der Waals surface area contributed by atoms with Crippen molar-refractivity contribution in [2.75, 3.05) is 0 Å². The van der Waals surface area contributed by atoms with E-state index in [2.05, 4.69) is 5.16 Å². The van der Waals surface area contributed by atoms with Crippen LogP contribution in [0.5, 0.6) is 0 Å². The van der Waals surface area contributed by atoms with E-state index in [-0.39, 0.29) is 10.7 Å². The molecule has 0 saturated heterocycles. The predicted octanol–water partition coefficient (Wildman–Crippen LogP) is 3.66. The van der Waals surface area contributed by atoms with Crippen LogP contribution in [0.3, 0.4) is 0 Å². The third kappa shape index (κ3) is 3.72. The first kappa shape index (κ1) is 15.3. The van der Waals surface area contributed by atoms with Gasteiger partial charge in [0.05, 0.1) is 0 Å². The maximum Gasteiger partial charge on any atom is 0.170 e. The molecule has 0 saturated carbocycles. The van der Waals surface area contributed by atoms with Crippen LogP contribution >= 0.6 is 11.8 Å². The first-order valence-electron chi connectivity index (χ1n) is 6.16. The van der Waals surface area contributed by atoms with Gasteiger partial charge in [0.15, 0.2) is 5.84 Å². The van der Waals surface area contributed by atoms with Crippen LogP contribution in [0.4, 0.5) is 8.78 Å². The van der Waals surface area contributed by atoms with Gasteiger partial charge in [0.2, 0.25) is 0 Å². The molecule has 2 rings (SSSR count). The van der Waals surface area contributed by atoms with E-state index in [1.54, 1.807) is 12.1 Å². The number of benzene rings is 2. The number of nitrogens with zero attached hydrogens (tertiary/aromatic N) is 1. The van der Waals surface area contributed by atoms with E-state index in [1.807, 2.05) is 13.0 Å². The van der Waals surface area contributed by atoms with Gasteiger partial charge < -0.3 is 10.9 Å². The molecule has 0 bridgehead atoms. The quantitative estimate of drug-likeness (QED) is 0.298. The van der Waals surface area contributed by atoms with Crippen molar-refractivity contribution in [1.29, 1.82) is 0 Å². The van der Waals surface area contributed by atoms with E-state index in [9.17, 15) is 8.78 Å². The second-order valence-corrected chi connectivity index (χ2v) is 5.51. The number of halogens is 2. The van der Waals surface area contributed by atoms with Gasteiger partial charge in [0.25, 0.3) is 0 Å². The highest BCUT2D eigenvalue weighted by molar-refractivity contribution is 7.98. The first-order chi connectivity index (χ1) is 10.0. The molecule has 0 radical (unpaired) electrons. The van der Waals surface area contributed by atoms with Gasteiger partial charge >= 0.3 is 0 Å². The lowest BCUT2D eigenvalue weighted by molar-refractivity contribution is 0.318. The summed E-state index contributed by atoms with van der Waals surface area (Å²) >= 11 is 1.22. The molecular weight excluding hydrogens is 294 g/mol. The van der Waals surface area contributed by atoms with E-state index in [4.69, 9.17) is 10.9 Å². The number of hydrogen-bond donors (Lipinski definition) is 2. The number of amidine groups is 1. The summed E-state index contributed by atoms with van der Waals surface area (Å²) in [6.45, 7) is 1.88. The molecule has 0 aliphatic rings. The maximum absolute atomic E-state index is 13.5. The molecule has 110 valence electrons. The minimum absolute atomic E-state index is 0.0356. The molecular formula is C15H14F2N2OS. The summed E-state index contributed by atoms with van der Waals surface area (Å²) in [5.74, 6) is -0.360. The van der Waals surface area contributed by atoms with Gasteiger partial charge in [-0.1, -0.05) is 17.3 Å². The fraction of sp³-hybridized carbons (Fsp3) is 0.133. The highest BCUT2D eigenvalue weighted by atomic mass is 32.2. The van der Waals surface area contributed by atoms with Crippen molar-refractivity contribution < 1.29 is 14.0 Å². The topological polar surface area (TPSA) is 58.6 Å². The third-order valence-corrected chi connectivity index (χ3v) is 4.10. The van der Waals surface area contributed by atoms with Gasteiger partial charge in [-0.05, 0) is 42.3 Å². The molecule has 2 aromatic carbocycles. The Morgan fingerprint density at radius 1 is 1.24 bits per heavy atom. The number of hydrogen-bond acceptors (Lipinski definition) is 3. The zero-order valence-electron chi connectivity index (χ0n) is 11.3. The van der Waals surface area contributed by atoms with Gasteiger partial charge in [-0.25, -0.2) is 8.78 Å². The van der Waals surface area contributed by atoms with Crippen LogP contribution in [0.15, 0.2) is 46.4 Å². The summed E-state index contributed by atoms with van der Waals surface area (Å²) in [6.07, 6.45) is 0. The number of thioether (sulfide) groups is 1. The van der Waals surface area contributed by atoms with Crippen molar-refractivity contribution in [1.82, 2.24) is 0 Å². The van der Waals surface area contributed by atoms with Crippen LogP contribution in [0.2, 0.25) is 0 Å². The normalized spacial score (nSPS) is 11.7. The molecule has 0 unspecified atom stereocenters. The summed E-state index contributed by atoms with van der Waals surface area (Å²) in [5.41, 5.74) is 8.03. The van der Waals surface area contributed by atoms with Crippen LogP contribution in [-0.2, 0) is 5.75 Å². The van der Waals surface area contributed by atoms with Gasteiger partial charge in [0.1, 0.15) is 11.6 Å². The molecule has 3 N–H and O–H groups in total. The molecule has 2 aromatic rings. The molecule has 0 fully saturated rings. The fourth-order valence-corrected chi connectivity index (χ4v) is 2.85. The molecule has 0 aliphatic heterocycles. The van der Waals surface area contributed by atoms with Crippen LogP contribution in [0, 0.1) is 18.6 Å². The molecule has 21 heavy (non-hydrogen) atoms. The van der Waals surface area contributed by atoms with E-state index in [0.717, 1.165) is 23.3 Å². The van der Waals surface area contributed by atoms with Crippen molar-refractivity contribution in [3.05, 3.63) is 64.7 Å². The number of rotatable bonds is 4. The van der Waals surface area contributed by atoms with E-state index in [0.29, 0.717) is 11.3 Å². The lowest BCUT2D eigenvalue weighted by Crippen LogP contribution is -2.13. The fourth-order valence-electron chi connectivity index (χ4n) is 1.82. The van der Waals surface area contributed by atoms with Crippen molar-refractivity contribution in [3.8, 4) is 0 Å². The largest absolute Gasteiger partial charge is 0.409 e. The minimum atomic E-state index is -0.460. The van der Waals surface area contributed by atoms with Gasteiger partial charge in [-0.2, -0.15) is 0 Å². The Morgan fingerprint density at radius 3 is 2.67 bits per heavy atom. The number of oxime groups is 1. The molecule has 3 nitrogen and oxygen atoms in total. The maximum atomic E-state index is 13.5. The lowest BCUT2D eigenvalue weighted by atomic mass is 10.1. The van der Waals surface area contributed by atoms with Crippen LogP contribution < -0.4 is 5.73 Å². The third-order valence-electron chi connectivity index (χ3n) is 3.02.